The minimum atomic E-state index is 0.176. The van der Waals surface area contributed by atoms with Crippen LogP contribution in [0.4, 0.5) is 0 Å². The van der Waals surface area contributed by atoms with Gasteiger partial charge in [0, 0.05) is 5.92 Å². The monoisotopic (exact) mass is 282 g/mol. The number of ether oxygens (including phenoxy) is 1. The van der Waals surface area contributed by atoms with Crippen LogP contribution in [0, 0.1) is 19.8 Å². The Morgan fingerprint density at radius 3 is 2.86 bits per heavy atom. The van der Waals surface area contributed by atoms with Crippen molar-refractivity contribution in [2.24, 2.45) is 5.92 Å². The van der Waals surface area contributed by atoms with Gasteiger partial charge in [-0.2, -0.15) is 0 Å². The lowest BCUT2D eigenvalue weighted by atomic mass is 10.0. The highest BCUT2D eigenvalue weighted by atomic mass is 16.5. The molecule has 4 nitrogen and oxygen atoms in total. The van der Waals surface area contributed by atoms with Crippen LogP contribution in [0.15, 0.2) is 30.5 Å². The molecule has 4 heteroatoms. The third-order valence-electron chi connectivity index (χ3n) is 3.91. The maximum atomic E-state index is 10.9. The van der Waals surface area contributed by atoms with Crippen molar-refractivity contribution in [1.29, 1.82) is 0 Å². The molecule has 0 N–H and O–H groups in total. The molecule has 0 radical (unpaired) electrons. The van der Waals surface area contributed by atoms with Gasteiger partial charge < -0.3 is 9.53 Å². The molecule has 0 bridgehead atoms. The van der Waals surface area contributed by atoms with Crippen LogP contribution in [0.5, 0.6) is 5.75 Å². The Bertz CT molecular complexity index is 670. The zero-order valence-corrected chi connectivity index (χ0v) is 12.2. The maximum absolute atomic E-state index is 10.9. The lowest BCUT2D eigenvalue weighted by Gasteiger charge is -2.12. The summed E-state index contributed by atoms with van der Waals surface area (Å²) in [5.41, 5.74) is 3.20. The highest BCUT2D eigenvalue weighted by Crippen LogP contribution is 2.47. The lowest BCUT2D eigenvalue weighted by Crippen LogP contribution is -2.03. The number of nitrogens with zero attached hydrogens (tertiary/aromatic N) is 2. The van der Waals surface area contributed by atoms with Crippen LogP contribution in [0.3, 0.4) is 0 Å². The Balaban J connectivity index is 1.75. The first kappa shape index (κ1) is 13.7. The fourth-order valence-corrected chi connectivity index (χ4v) is 2.62. The molecule has 1 aromatic carbocycles. The zero-order chi connectivity index (χ0) is 14.8. The minimum Gasteiger partial charge on any atom is -0.485 e. The quantitative estimate of drug-likeness (QED) is 0.791. The summed E-state index contributed by atoms with van der Waals surface area (Å²) in [5, 5.41) is 0. The van der Waals surface area contributed by atoms with Gasteiger partial charge in [0.15, 0.2) is 5.75 Å². The molecule has 1 fully saturated rings. The van der Waals surface area contributed by atoms with Gasteiger partial charge in [-0.15, -0.1) is 0 Å². The Kier molecular flexibility index (Phi) is 3.69. The Labute approximate surface area is 124 Å². The molecule has 108 valence electrons. The number of benzene rings is 1. The largest absolute Gasteiger partial charge is 0.485 e. The Morgan fingerprint density at radius 2 is 2.14 bits per heavy atom. The molecule has 0 amide bonds. The highest BCUT2D eigenvalue weighted by Gasteiger charge is 2.39. The summed E-state index contributed by atoms with van der Waals surface area (Å²) >= 11 is 0. The minimum absolute atomic E-state index is 0.176. The topological polar surface area (TPSA) is 52.1 Å². The second kappa shape index (κ2) is 5.64. The summed E-state index contributed by atoms with van der Waals surface area (Å²) < 4.78 is 5.85. The predicted molar refractivity (Wildman–Crippen MR) is 79.2 cm³/mol. The molecule has 3 rings (SSSR count). The van der Waals surface area contributed by atoms with Gasteiger partial charge in [-0.25, -0.2) is 9.97 Å². The number of carbonyl (C=O) groups excluding carboxylic acids is 1. The first-order valence-electron chi connectivity index (χ1n) is 7.15. The van der Waals surface area contributed by atoms with E-state index in [-0.39, 0.29) is 5.92 Å². The molecular weight excluding hydrogens is 264 g/mol. The number of aldehydes is 1. The summed E-state index contributed by atoms with van der Waals surface area (Å²) in [7, 11) is 0. The van der Waals surface area contributed by atoms with Gasteiger partial charge in [-0.3, -0.25) is 0 Å². The van der Waals surface area contributed by atoms with Gasteiger partial charge in [-0.1, -0.05) is 24.3 Å². The number of hydrogen-bond acceptors (Lipinski definition) is 4. The van der Waals surface area contributed by atoms with E-state index in [0.29, 0.717) is 18.3 Å². The van der Waals surface area contributed by atoms with E-state index in [9.17, 15) is 4.79 Å². The predicted octanol–water partition coefficient (Wildman–Crippen LogP) is 2.97. The van der Waals surface area contributed by atoms with Gasteiger partial charge in [0.1, 0.15) is 18.7 Å². The molecule has 2 unspecified atom stereocenters. The van der Waals surface area contributed by atoms with Gasteiger partial charge in [0.05, 0.1) is 11.9 Å². The molecule has 2 aromatic rings. The van der Waals surface area contributed by atoms with Crippen LogP contribution >= 0.6 is 0 Å². The molecule has 1 saturated carbocycles. The van der Waals surface area contributed by atoms with E-state index in [2.05, 4.69) is 22.1 Å². The van der Waals surface area contributed by atoms with Gasteiger partial charge in [0.2, 0.25) is 0 Å². The summed E-state index contributed by atoms with van der Waals surface area (Å²) in [4.78, 5) is 19.3. The smallest absolute Gasteiger partial charge is 0.159 e. The van der Waals surface area contributed by atoms with Crippen molar-refractivity contribution in [2.75, 3.05) is 0 Å². The second-order valence-corrected chi connectivity index (χ2v) is 5.50. The van der Waals surface area contributed by atoms with E-state index in [1.807, 2.05) is 26.0 Å². The molecule has 0 saturated heterocycles. The van der Waals surface area contributed by atoms with Crippen molar-refractivity contribution < 1.29 is 9.53 Å². The van der Waals surface area contributed by atoms with Crippen molar-refractivity contribution in [3.05, 3.63) is 53.1 Å². The molecule has 0 aliphatic heterocycles. The van der Waals surface area contributed by atoms with E-state index in [1.165, 1.54) is 5.56 Å². The number of rotatable bonds is 5. The van der Waals surface area contributed by atoms with E-state index < -0.39 is 0 Å². The summed E-state index contributed by atoms with van der Waals surface area (Å²) in [6.45, 7) is 4.25. The number of carbonyl (C=O) groups is 1. The third kappa shape index (κ3) is 2.94. The fourth-order valence-electron chi connectivity index (χ4n) is 2.62. The molecule has 2 atom stereocenters. The summed E-state index contributed by atoms with van der Waals surface area (Å²) in [5.74, 6) is 1.98. The van der Waals surface area contributed by atoms with Crippen LogP contribution in [-0.4, -0.2) is 16.3 Å². The number of aryl methyl sites for hydroxylation is 2. The molecule has 21 heavy (non-hydrogen) atoms. The normalized spacial score (nSPS) is 20.1. The third-order valence-corrected chi connectivity index (χ3v) is 3.91. The molecule has 1 heterocycles. The maximum Gasteiger partial charge on any atom is 0.159 e. The highest BCUT2D eigenvalue weighted by molar-refractivity contribution is 5.62. The first-order valence-corrected chi connectivity index (χ1v) is 7.15. The SMILES string of the molecule is Cc1ncc(OCc2ccccc2C2CC2C=O)c(C)n1. The molecule has 1 aromatic heterocycles. The summed E-state index contributed by atoms with van der Waals surface area (Å²) in [6, 6.07) is 8.16. The first-order chi connectivity index (χ1) is 10.2. The van der Waals surface area contributed by atoms with Crippen LogP contribution in [-0.2, 0) is 11.4 Å². The Hall–Kier alpha value is -2.23. The van der Waals surface area contributed by atoms with Gasteiger partial charge >= 0.3 is 0 Å². The molecule has 0 spiro atoms. The fraction of sp³-hybridized carbons (Fsp3) is 0.353. The lowest BCUT2D eigenvalue weighted by molar-refractivity contribution is -0.108. The van der Waals surface area contributed by atoms with Crippen molar-refractivity contribution in [2.45, 2.75) is 32.8 Å². The summed E-state index contributed by atoms with van der Waals surface area (Å²) in [6.07, 6.45) is 3.72. The molecular formula is C17H18N2O2. The molecule has 1 aliphatic carbocycles. The van der Waals surface area contributed by atoms with E-state index >= 15 is 0 Å². The number of hydrogen-bond donors (Lipinski definition) is 0. The van der Waals surface area contributed by atoms with Crippen LogP contribution in [0.1, 0.15) is 35.0 Å². The van der Waals surface area contributed by atoms with Crippen LogP contribution in [0.2, 0.25) is 0 Å². The van der Waals surface area contributed by atoms with E-state index in [1.54, 1.807) is 6.20 Å². The second-order valence-electron chi connectivity index (χ2n) is 5.50. The van der Waals surface area contributed by atoms with Gasteiger partial charge in [-0.05, 0) is 37.3 Å². The average molecular weight is 282 g/mol. The molecule has 1 aliphatic rings. The zero-order valence-electron chi connectivity index (χ0n) is 12.2. The number of aromatic nitrogens is 2. The average Bonchev–Trinajstić information content (AvgIpc) is 3.26. The van der Waals surface area contributed by atoms with Crippen molar-refractivity contribution in [3.8, 4) is 5.75 Å². The van der Waals surface area contributed by atoms with Gasteiger partial charge in [0.25, 0.3) is 0 Å². The van der Waals surface area contributed by atoms with Crippen LogP contribution in [0.25, 0.3) is 0 Å². The van der Waals surface area contributed by atoms with Crippen LogP contribution < -0.4 is 4.74 Å². The van der Waals surface area contributed by atoms with E-state index in [4.69, 9.17) is 4.74 Å². The van der Waals surface area contributed by atoms with E-state index in [0.717, 1.165) is 29.8 Å². The van der Waals surface area contributed by atoms with Crippen molar-refractivity contribution in [3.63, 3.8) is 0 Å². The van der Waals surface area contributed by atoms with Crippen molar-refractivity contribution >= 4 is 6.29 Å². The van der Waals surface area contributed by atoms with Crippen molar-refractivity contribution in [1.82, 2.24) is 9.97 Å². The Morgan fingerprint density at radius 1 is 1.33 bits per heavy atom. The standard InChI is InChI=1S/C17H18N2O2/c1-11-17(8-18-12(2)19-11)21-10-13-5-3-4-6-15(13)16-7-14(16)9-20/h3-6,8-9,14,16H,7,10H2,1-2H3.